The number of benzene rings is 2. The van der Waals surface area contributed by atoms with E-state index in [0.717, 1.165) is 53.7 Å². The molecule has 0 aliphatic carbocycles. The van der Waals surface area contributed by atoms with E-state index in [4.69, 9.17) is 21.3 Å². The van der Waals surface area contributed by atoms with Gasteiger partial charge in [-0.2, -0.15) is 0 Å². The molecule has 6 nitrogen and oxygen atoms in total. The van der Waals surface area contributed by atoms with Crippen molar-refractivity contribution >= 4 is 34.6 Å². The van der Waals surface area contributed by atoms with Crippen LogP contribution in [-0.4, -0.2) is 60.8 Å². The number of esters is 1. The highest BCUT2D eigenvalue weighted by Gasteiger charge is 2.22. The normalized spacial score (nSPS) is 15.2. The summed E-state index contributed by atoms with van der Waals surface area (Å²) in [5.74, 6) is 0.579. The molecule has 0 bridgehead atoms. The lowest BCUT2D eigenvalue weighted by molar-refractivity contribution is 0.0601. The van der Waals surface area contributed by atoms with E-state index in [1.165, 1.54) is 7.11 Å². The van der Waals surface area contributed by atoms with E-state index < -0.39 is 0 Å². The fourth-order valence-corrected chi connectivity index (χ4v) is 3.66. The molecular formula is C21H23ClN4O2. The van der Waals surface area contributed by atoms with Gasteiger partial charge in [-0.15, -0.1) is 0 Å². The van der Waals surface area contributed by atoms with Crippen molar-refractivity contribution in [2.24, 2.45) is 0 Å². The van der Waals surface area contributed by atoms with E-state index in [9.17, 15) is 4.79 Å². The van der Waals surface area contributed by atoms with E-state index in [2.05, 4.69) is 21.4 Å². The molecule has 1 aliphatic heterocycles. The Kier molecular flexibility index (Phi) is 5.24. The minimum atomic E-state index is -0.352. The summed E-state index contributed by atoms with van der Waals surface area (Å²) in [5.41, 5.74) is 3.45. The minimum absolute atomic E-state index is 0.352. The van der Waals surface area contributed by atoms with Crippen molar-refractivity contribution in [2.45, 2.75) is 6.54 Å². The van der Waals surface area contributed by atoms with Crippen molar-refractivity contribution in [1.29, 1.82) is 0 Å². The molecule has 1 saturated heterocycles. The van der Waals surface area contributed by atoms with Crippen LogP contribution in [0.4, 0.5) is 5.95 Å². The van der Waals surface area contributed by atoms with Gasteiger partial charge in [-0.3, -0.25) is 0 Å². The van der Waals surface area contributed by atoms with Crippen molar-refractivity contribution in [1.82, 2.24) is 14.5 Å². The first kappa shape index (κ1) is 18.8. The molecule has 7 heteroatoms. The number of piperazine rings is 1. The highest BCUT2D eigenvalue weighted by molar-refractivity contribution is 6.30. The summed E-state index contributed by atoms with van der Waals surface area (Å²) in [6.45, 7) is 4.52. The van der Waals surface area contributed by atoms with Gasteiger partial charge in [0.1, 0.15) is 0 Å². The second kappa shape index (κ2) is 7.81. The first-order chi connectivity index (χ1) is 13.5. The van der Waals surface area contributed by atoms with Crippen LogP contribution in [0.5, 0.6) is 0 Å². The molecule has 0 radical (unpaired) electrons. The molecule has 3 aromatic rings. The van der Waals surface area contributed by atoms with Crippen LogP contribution in [-0.2, 0) is 11.3 Å². The average Bonchev–Trinajstić information content (AvgIpc) is 3.07. The Bertz CT molecular complexity index is 992. The summed E-state index contributed by atoms with van der Waals surface area (Å²) < 4.78 is 7.07. The number of fused-ring (bicyclic) bond motifs is 1. The minimum Gasteiger partial charge on any atom is -0.465 e. The van der Waals surface area contributed by atoms with Crippen molar-refractivity contribution in [2.75, 3.05) is 45.2 Å². The lowest BCUT2D eigenvalue weighted by atomic mass is 10.2. The third-order valence-corrected chi connectivity index (χ3v) is 5.44. The Hall–Kier alpha value is -2.57. The van der Waals surface area contributed by atoms with E-state index in [1.807, 2.05) is 30.3 Å². The lowest BCUT2D eigenvalue weighted by Crippen LogP contribution is -2.45. The number of aromatic nitrogens is 2. The molecule has 1 fully saturated rings. The van der Waals surface area contributed by atoms with Gasteiger partial charge >= 0.3 is 5.97 Å². The summed E-state index contributed by atoms with van der Waals surface area (Å²) in [4.78, 5) is 21.4. The molecular weight excluding hydrogens is 376 g/mol. The highest BCUT2D eigenvalue weighted by atomic mass is 35.5. The van der Waals surface area contributed by atoms with Gasteiger partial charge in [0.2, 0.25) is 5.95 Å². The molecule has 0 N–H and O–H groups in total. The number of rotatable bonds is 4. The molecule has 0 unspecified atom stereocenters. The van der Waals surface area contributed by atoms with Gasteiger partial charge < -0.3 is 19.1 Å². The molecule has 0 saturated carbocycles. The van der Waals surface area contributed by atoms with Crippen LogP contribution in [0.1, 0.15) is 15.9 Å². The number of anilines is 1. The largest absolute Gasteiger partial charge is 0.465 e. The molecule has 0 atom stereocenters. The second-order valence-electron chi connectivity index (χ2n) is 7.11. The first-order valence-electron chi connectivity index (χ1n) is 9.31. The number of imidazole rings is 1. The van der Waals surface area contributed by atoms with Crippen LogP contribution >= 0.6 is 11.6 Å². The van der Waals surface area contributed by atoms with Crippen LogP contribution in [0.2, 0.25) is 5.02 Å². The Morgan fingerprint density at radius 3 is 2.50 bits per heavy atom. The first-order valence-corrected chi connectivity index (χ1v) is 9.69. The summed E-state index contributed by atoms with van der Waals surface area (Å²) in [7, 11) is 3.53. The molecule has 28 heavy (non-hydrogen) atoms. The van der Waals surface area contributed by atoms with Crippen molar-refractivity contribution < 1.29 is 9.53 Å². The van der Waals surface area contributed by atoms with Crippen LogP contribution in [0.25, 0.3) is 11.0 Å². The Morgan fingerprint density at radius 1 is 1.11 bits per heavy atom. The van der Waals surface area contributed by atoms with E-state index in [-0.39, 0.29) is 5.97 Å². The fourth-order valence-electron chi connectivity index (χ4n) is 3.54. The summed E-state index contributed by atoms with van der Waals surface area (Å²) in [5, 5.41) is 0.723. The van der Waals surface area contributed by atoms with Gasteiger partial charge in [-0.1, -0.05) is 23.7 Å². The van der Waals surface area contributed by atoms with Crippen LogP contribution in [0.3, 0.4) is 0 Å². The topological polar surface area (TPSA) is 50.6 Å². The zero-order chi connectivity index (χ0) is 19.7. The van der Waals surface area contributed by atoms with Crippen LogP contribution < -0.4 is 4.90 Å². The predicted molar refractivity (Wildman–Crippen MR) is 111 cm³/mol. The molecule has 1 aliphatic rings. The highest BCUT2D eigenvalue weighted by Crippen LogP contribution is 2.26. The lowest BCUT2D eigenvalue weighted by Gasteiger charge is -2.33. The molecule has 0 amide bonds. The number of carbonyl (C=O) groups is 1. The number of hydrogen-bond donors (Lipinski definition) is 0. The van der Waals surface area contributed by atoms with Crippen molar-refractivity contribution in [3.63, 3.8) is 0 Å². The number of ether oxygens (including phenoxy) is 1. The molecule has 1 aromatic heterocycles. The van der Waals surface area contributed by atoms with Gasteiger partial charge in [0.25, 0.3) is 0 Å². The van der Waals surface area contributed by atoms with Gasteiger partial charge in [-0.25, -0.2) is 9.78 Å². The maximum Gasteiger partial charge on any atom is 0.337 e. The number of likely N-dealkylation sites (N-methyl/N-ethyl adjacent to an activating group) is 1. The number of carbonyl (C=O) groups excluding carboxylic acids is 1. The maximum absolute atomic E-state index is 11.9. The van der Waals surface area contributed by atoms with Gasteiger partial charge in [0.05, 0.1) is 30.3 Å². The molecule has 2 heterocycles. The Morgan fingerprint density at radius 2 is 1.82 bits per heavy atom. The summed E-state index contributed by atoms with van der Waals surface area (Å²) >= 11 is 6.04. The van der Waals surface area contributed by atoms with E-state index >= 15 is 0 Å². The third kappa shape index (κ3) is 3.70. The smallest absolute Gasteiger partial charge is 0.337 e. The van der Waals surface area contributed by atoms with Crippen molar-refractivity contribution in [3.05, 3.63) is 58.6 Å². The monoisotopic (exact) mass is 398 g/mol. The maximum atomic E-state index is 11.9. The fraction of sp³-hybridized carbons (Fsp3) is 0.333. The predicted octanol–water partition coefficient (Wildman–Crippen LogP) is 3.28. The SMILES string of the molecule is COC(=O)c1ccc2c(c1)nc(N1CCN(C)CC1)n2Cc1ccc(Cl)cc1. The van der Waals surface area contributed by atoms with E-state index in [1.54, 1.807) is 12.1 Å². The van der Waals surface area contributed by atoms with Gasteiger partial charge in [-0.05, 0) is 42.9 Å². The Balaban J connectivity index is 1.77. The van der Waals surface area contributed by atoms with Gasteiger partial charge in [0.15, 0.2) is 0 Å². The number of nitrogens with zero attached hydrogens (tertiary/aromatic N) is 4. The van der Waals surface area contributed by atoms with E-state index in [0.29, 0.717) is 12.1 Å². The molecule has 4 rings (SSSR count). The summed E-state index contributed by atoms with van der Waals surface area (Å²) in [6.07, 6.45) is 0. The van der Waals surface area contributed by atoms with Crippen LogP contribution in [0, 0.1) is 0 Å². The Labute approximate surface area is 169 Å². The van der Waals surface area contributed by atoms with Crippen molar-refractivity contribution in [3.8, 4) is 0 Å². The molecule has 146 valence electrons. The number of methoxy groups -OCH3 is 1. The second-order valence-corrected chi connectivity index (χ2v) is 7.55. The number of hydrogen-bond acceptors (Lipinski definition) is 5. The quantitative estimate of drug-likeness (QED) is 0.631. The van der Waals surface area contributed by atoms with Crippen LogP contribution in [0.15, 0.2) is 42.5 Å². The standard InChI is InChI=1S/C21H23ClN4O2/c1-24-9-11-25(12-10-24)21-23-18-13-16(20(27)28-2)5-8-19(18)26(21)14-15-3-6-17(22)7-4-15/h3-8,13H,9-12,14H2,1-2H3. The molecule has 2 aromatic carbocycles. The third-order valence-electron chi connectivity index (χ3n) is 5.19. The van der Waals surface area contributed by atoms with Gasteiger partial charge in [0, 0.05) is 31.2 Å². The summed E-state index contributed by atoms with van der Waals surface area (Å²) in [6, 6.07) is 13.4. The molecule has 0 spiro atoms. The number of halogens is 1. The average molecular weight is 399 g/mol. The zero-order valence-electron chi connectivity index (χ0n) is 16.1. The zero-order valence-corrected chi connectivity index (χ0v) is 16.8.